The van der Waals surface area contributed by atoms with E-state index in [0.29, 0.717) is 6.61 Å². The van der Waals surface area contributed by atoms with Gasteiger partial charge < -0.3 is 14.4 Å². The minimum absolute atomic E-state index is 0.676. The van der Waals surface area contributed by atoms with Crippen LogP contribution >= 0.6 is 0 Å². The van der Waals surface area contributed by atoms with Gasteiger partial charge in [0.25, 0.3) is 0 Å². The first-order chi connectivity index (χ1) is 9.88. The van der Waals surface area contributed by atoms with Crippen molar-refractivity contribution in [2.75, 3.05) is 33.4 Å². The van der Waals surface area contributed by atoms with E-state index in [2.05, 4.69) is 17.4 Å². The van der Waals surface area contributed by atoms with E-state index in [4.69, 9.17) is 9.47 Å². The number of hydrogen-bond donors (Lipinski definition) is 0. The zero-order valence-electron chi connectivity index (χ0n) is 12.5. The van der Waals surface area contributed by atoms with Crippen LogP contribution in [0.3, 0.4) is 0 Å². The van der Waals surface area contributed by atoms with E-state index in [1.54, 1.807) is 7.11 Å². The Morgan fingerprint density at radius 3 is 2.80 bits per heavy atom. The first-order valence-corrected chi connectivity index (χ1v) is 7.63. The number of methoxy groups -OCH3 is 1. The SMILES string of the molecule is COc1cccc(COCCCCN2CC[CH]CC2)c1. The monoisotopic (exact) mass is 276 g/mol. The topological polar surface area (TPSA) is 21.7 Å². The Bertz CT molecular complexity index is 375. The number of hydrogen-bond acceptors (Lipinski definition) is 3. The molecule has 1 aromatic rings. The van der Waals surface area contributed by atoms with Gasteiger partial charge in [-0.25, -0.2) is 0 Å². The van der Waals surface area contributed by atoms with Gasteiger partial charge >= 0.3 is 0 Å². The maximum absolute atomic E-state index is 5.73. The summed E-state index contributed by atoms with van der Waals surface area (Å²) in [6.07, 6.45) is 7.29. The second-order valence-electron chi connectivity index (χ2n) is 5.32. The molecule has 1 aliphatic rings. The lowest BCUT2D eigenvalue weighted by atomic mass is 10.1. The smallest absolute Gasteiger partial charge is 0.119 e. The third kappa shape index (κ3) is 5.51. The number of likely N-dealkylation sites (tertiary alicyclic amines) is 1. The molecule has 1 radical (unpaired) electrons. The molecule has 1 aromatic carbocycles. The Balaban J connectivity index is 1.52. The quantitative estimate of drug-likeness (QED) is 0.680. The minimum Gasteiger partial charge on any atom is -0.497 e. The Morgan fingerprint density at radius 2 is 2.00 bits per heavy atom. The van der Waals surface area contributed by atoms with E-state index < -0.39 is 0 Å². The summed E-state index contributed by atoms with van der Waals surface area (Å²) in [6, 6.07) is 8.07. The van der Waals surface area contributed by atoms with Gasteiger partial charge in [0.15, 0.2) is 0 Å². The number of rotatable bonds is 8. The molecule has 0 aromatic heterocycles. The van der Waals surface area contributed by atoms with Crippen LogP contribution in [-0.2, 0) is 11.3 Å². The molecular formula is C17H26NO2. The normalized spacial score (nSPS) is 16.2. The Kier molecular flexibility index (Phi) is 6.89. The number of piperidine rings is 1. The van der Waals surface area contributed by atoms with E-state index >= 15 is 0 Å². The van der Waals surface area contributed by atoms with Gasteiger partial charge in [0.2, 0.25) is 0 Å². The van der Waals surface area contributed by atoms with E-state index in [1.165, 1.54) is 44.5 Å². The molecule has 1 aliphatic heterocycles. The predicted octanol–water partition coefficient (Wildman–Crippen LogP) is 3.29. The zero-order valence-corrected chi connectivity index (χ0v) is 12.5. The second-order valence-corrected chi connectivity index (χ2v) is 5.32. The molecule has 1 heterocycles. The molecule has 2 rings (SSSR count). The summed E-state index contributed by atoms with van der Waals surface area (Å²) in [5, 5.41) is 0. The summed E-state index contributed by atoms with van der Waals surface area (Å²) >= 11 is 0. The van der Waals surface area contributed by atoms with Crippen molar-refractivity contribution >= 4 is 0 Å². The van der Waals surface area contributed by atoms with Crippen LogP contribution in [0.4, 0.5) is 0 Å². The molecule has 3 nitrogen and oxygen atoms in total. The highest BCUT2D eigenvalue weighted by molar-refractivity contribution is 5.27. The van der Waals surface area contributed by atoms with Crippen molar-refractivity contribution in [1.82, 2.24) is 4.90 Å². The number of unbranched alkanes of at least 4 members (excludes halogenated alkanes) is 1. The van der Waals surface area contributed by atoms with Crippen LogP contribution in [0.5, 0.6) is 5.75 Å². The molecular weight excluding hydrogens is 250 g/mol. The molecule has 0 spiro atoms. The van der Waals surface area contributed by atoms with Crippen molar-refractivity contribution in [3.8, 4) is 5.75 Å². The number of ether oxygens (including phenoxy) is 2. The predicted molar refractivity (Wildman–Crippen MR) is 81.9 cm³/mol. The number of nitrogens with zero attached hydrogens (tertiary/aromatic N) is 1. The number of benzene rings is 1. The molecule has 111 valence electrons. The average Bonchev–Trinajstić information content (AvgIpc) is 2.52. The van der Waals surface area contributed by atoms with Crippen LogP contribution in [-0.4, -0.2) is 38.3 Å². The molecule has 0 atom stereocenters. The molecule has 0 N–H and O–H groups in total. The molecule has 0 unspecified atom stereocenters. The van der Waals surface area contributed by atoms with Crippen molar-refractivity contribution in [2.45, 2.75) is 32.3 Å². The fourth-order valence-corrected chi connectivity index (χ4v) is 2.52. The van der Waals surface area contributed by atoms with Gasteiger partial charge in [0, 0.05) is 6.61 Å². The first kappa shape index (κ1) is 15.3. The van der Waals surface area contributed by atoms with Crippen molar-refractivity contribution in [3.63, 3.8) is 0 Å². The molecule has 3 heteroatoms. The Hall–Kier alpha value is -1.06. The lowest BCUT2D eigenvalue weighted by Gasteiger charge is -2.26. The van der Waals surface area contributed by atoms with Gasteiger partial charge in [0.05, 0.1) is 13.7 Å². The Labute approximate surface area is 122 Å². The van der Waals surface area contributed by atoms with Crippen LogP contribution < -0.4 is 4.74 Å². The van der Waals surface area contributed by atoms with Crippen molar-refractivity contribution < 1.29 is 9.47 Å². The van der Waals surface area contributed by atoms with Gasteiger partial charge in [-0.2, -0.15) is 0 Å². The maximum atomic E-state index is 5.73. The standard InChI is InChI=1S/C17H26NO2/c1-19-17-9-7-8-16(14-17)15-20-13-6-5-12-18-10-3-2-4-11-18/h2,7-9,14H,3-6,10-13,15H2,1H3. The van der Waals surface area contributed by atoms with Crippen molar-refractivity contribution in [1.29, 1.82) is 0 Å². The summed E-state index contributed by atoms with van der Waals surface area (Å²) in [5.41, 5.74) is 1.18. The highest BCUT2D eigenvalue weighted by atomic mass is 16.5. The van der Waals surface area contributed by atoms with Crippen LogP contribution in [0.15, 0.2) is 24.3 Å². The average molecular weight is 276 g/mol. The largest absolute Gasteiger partial charge is 0.497 e. The Morgan fingerprint density at radius 1 is 1.15 bits per heavy atom. The van der Waals surface area contributed by atoms with E-state index in [-0.39, 0.29) is 0 Å². The van der Waals surface area contributed by atoms with Crippen molar-refractivity contribution in [3.05, 3.63) is 36.2 Å². The minimum atomic E-state index is 0.676. The molecule has 0 saturated carbocycles. The molecule has 1 saturated heterocycles. The molecule has 0 aliphatic carbocycles. The van der Waals surface area contributed by atoms with Gasteiger partial charge in [-0.15, -0.1) is 0 Å². The fraction of sp³-hybridized carbons (Fsp3) is 0.588. The third-order valence-corrected chi connectivity index (χ3v) is 3.71. The molecule has 0 amide bonds. The highest BCUT2D eigenvalue weighted by Crippen LogP contribution is 2.13. The van der Waals surface area contributed by atoms with Crippen LogP contribution in [0, 0.1) is 6.42 Å². The summed E-state index contributed by atoms with van der Waals surface area (Å²) in [5.74, 6) is 0.896. The first-order valence-electron chi connectivity index (χ1n) is 7.63. The summed E-state index contributed by atoms with van der Waals surface area (Å²) in [7, 11) is 1.69. The van der Waals surface area contributed by atoms with Gasteiger partial charge in [-0.3, -0.25) is 0 Å². The molecule has 20 heavy (non-hydrogen) atoms. The van der Waals surface area contributed by atoms with E-state index in [9.17, 15) is 0 Å². The fourth-order valence-electron chi connectivity index (χ4n) is 2.52. The van der Waals surface area contributed by atoms with Crippen LogP contribution in [0.25, 0.3) is 0 Å². The third-order valence-electron chi connectivity index (χ3n) is 3.71. The van der Waals surface area contributed by atoms with Crippen LogP contribution in [0.2, 0.25) is 0 Å². The van der Waals surface area contributed by atoms with Crippen LogP contribution in [0.1, 0.15) is 31.2 Å². The van der Waals surface area contributed by atoms with Crippen molar-refractivity contribution in [2.24, 2.45) is 0 Å². The van der Waals surface area contributed by atoms with E-state index in [1.807, 2.05) is 18.2 Å². The second kappa shape index (κ2) is 8.98. The summed E-state index contributed by atoms with van der Waals surface area (Å²) in [6.45, 7) is 5.22. The summed E-state index contributed by atoms with van der Waals surface area (Å²) in [4.78, 5) is 2.56. The lowest BCUT2D eigenvalue weighted by molar-refractivity contribution is 0.113. The van der Waals surface area contributed by atoms with E-state index in [0.717, 1.165) is 18.8 Å². The van der Waals surface area contributed by atoms with Gasteiger partial charge in [-0.05, 0) is 69.4 Å². The molecule has 0 bridgehead atoms. The zero-order chi connectivity index (χ0) is 14.0. The van der Waals surface area contributed by atoms with Gasteiger partial charge in [-0.1, -0.05) is 12.1 Å². The lowest BCUT2D eigenvalue weighted by Crippen LogP contribution is -2.30. The maximum Gasteiger partial charge on any atom is 0.119 e. The summed E-state index contributed by atoms with van der Waals surface area (Å²) < 4.78 is 10.9. The van der Waals surface area contributed by atoms with Gasteiger partial charge in [0.1, 0.15) is 5.75 Å². The highest BCUT2D eigenvalue weighted by Gasteiger charge is 2.08. The molecule has 1 fully saturated rings.